The summed E-state index contributed by atoms with van der Waals surface area (Å²) in [5, 5.41) is 10.9. The molecule has 122 valence electrons. The second-order valence-electron chi connectivity index (χ2n) is 5.44. The molecule has 2 rings (SSSR count). The van der Waals surface area contributed by atoms with E-state index in [2.05, 4.69) is 0 Å². The molecule has 1 aromatic rings. The SMILES string of the molecule is CC1CC(CN)CN1C(=O)Cc1ccc([N+](=O)[O-])cc1Cl.Cl. The van der Waals surface area contributed by atoms with Crippen molar-refractivity contribution in [3.05, 3.63) is 38.9 Å². The van der Waals surface area contributed by atoms with Crippen LogP contribution in [0.1, 0.15) is 18.9 Å². The highest BCUT2D eigenvalue weighted by atomic mass is 35.5. The Morgan fingerprint density at radius 3 is 2.73 bits per heavy atom. The maximum absolute atomic E-state index is 12.4. The Hall–Kier alpha value is -1.37. The Kier molecular flexibility index (Phi) is 6.59. The lowest BCUT2D eigenvalue weighted by Gasteiger charge is -2.21. The molecule has 0 spiro atoms. The smallest absolute Gasteiger partial charge is 0.270 e. The quantitative estimate of drug-likeness (QED) is 0.668. The molecule has 0 bridgehead atoms. The molecule has 0 saturated carbocycles. The maximum Gasteiger partial charge on any atom is 0.270 e. The Morgan fingerprint density at radius 2 is 2.23 bits per heavy atom. The third kappa shape index (κ3) is 4.09. The van der Waals surface area contributed by atoms with Gasteiger partial charge in [-0.2, -0.15) is 0 Å². The van der Waals surface area contributed by atoms with Gasteiger partial charge in [-0.15, -0.1) is 12.4 Å². The molecule has 8 heteroatoms. The molecule has 1 fully saturated rings. The summed E-state index contributed by atoms with van der Waals surface area (Å²) in [6.07, 6.45) is 1.06. The van der Waals surface area contributed by atoms with Crippen molar-refractivity contribution in [1.29, 1.82) is 0 Å². The highest BCUT2D eigenvalue weighted by Gasteiger charge is 2.31. The van der Waals surface area contributed by atoms with Gasteiger partial charge in [0.15, 0.2) is 0 Å². The molecular formula is C14H19Cl2N3O3. The summed E-state index contributed by atoms with van der Waals surface area (Å²) >= 11 is 6.02. The zero-order chi connectivity index (χ0) is 15.6. The molecule has 6 nitrogen and oxygen atoms in total. The van der Waals surface area contributed by atoms with Gasteiger partial charge in [0.2, 0.25) is 5.91 Å². The summed E-state index contributed by atoms with van der Waals surface area (Å²) in [7, 11) is 0. The van der Waals surface area contributed by atoms with Gasteiger partial charge in [0.05, 0.1) is 16.4 Å². The number of halogens is 2. The molecule has 0 radical (unpaired) electrons. The topological polar surface area (TPSA) is 89.5 Å². The fourth-order valence-corrected chi connectivity index (χ4v) is 2.96. The summed E-state index contributed by atoms with van der Waals surface area (Å²) in [5.74, 6) is 0.325. The molecule has 2 unspecified atom stereocenters. The molecule has 2 N–H and O–H groups in total. The van der Waals surface area contributed by atoms with Gasteiger partial charge in [-0.3, -0.25) is 14.9 Å². The number of hydrogen-bond donors (Lipinski definition) is 1. The van der Waals surface area contributed by atoms with Crippen LogP contribution < -0.4 is 5.73 Å². The summed E-state index contributed by atoms with van der Waals surface area (Å²) in [6.45, 7) is 3.25. The molecule has 1 aliphatic heterocycles. The molecule has 22 heavy (non-hydrogen) atoms. The number of carbonyl (C=O) groups excluding carboxylic acids is 1. The predicted molar refractivity (Wildman–Crippen MR) is 87.4 cm³/mol. The van der Waals surface area contributed by atoms with Crippen molar-refractivity contribution in [2.24, 2.45) is 11.7 Å². The van der Waals surface area contributed by atoms with E-state index in [0.717, 1.165) is 6.42 Å². The van der Waals surface area contributed by atoms with Gasteiger partial charge in [-0.1, -0.05) is 17.7 Å². The summed E-state index contributed by atoms with van der Waals surface area (Å²) < 4.78 is 0. The zero-order valence-corrected chi connectivity index (χ0v) is 13.8. The van der Waals surface area contributed by atoms with Crippen LogP contribution in [-0.2, 0) is 11.2 Å². The normalized spacial score (nSPS) is 20.6. The van der Waals surface area contributed by atoms with E-state index < -0.39 is 4.92 Å². The van der Waals surface area contributed by atoms with Crippen molar-refractivity contribution in [3.8, 4) is 0 Å². The molecule has 2 atom stereocenters. The van der Waals surface area contributed by atoms with E-state index in [-0.39, 0.29) is 41.5 Å². The van der Waals surface area contributed by atoms with Crippen molar-refractivity contribution in [2.75, 3.05) is 13.1 Å². The van der Waals surface area contributed by atoms with E-state index in [1.54, 1.807) is 6.07 Å². The predicted octanol–water partition coefficient (Wildman–Crippen LogP) is 2.41. The van der Waals surface area contributed by atoms with Crippen LogP contribution in [-0.4, -0.2) is 34.9 Å². The standard InChI is InChI=1S/C14H18ClN3O3.ClH/c1-9-4-10(7-16)8-17(9)14(19)5-11-2-3-12(18(20)21)6-13(11)15;/h2-3,6,9-10H,4-5,7-8,16H2,1H3;1H. The van der Waals surface area contributed by atoms with Crippen molar-refractivity contribution in [1.82, 2.24) is 4.90 Å². The Bertz CT molecular complexity index is 568. The fraction of sp³-hybridized carbons (Fsp3) is 0.500. The minimum atomic E-state index is -0.508. The highest BCUT2D eigenvalue weighted by Crippen LogP contribution is 2.26. The van der Waals surface area contributed by atoms with Gasteiger partial charge in [0, 0.05) is 24.7 Å². The monoisotopic (exact) mass is 347 g/mol. The van der Waals surface area contributed by atoms with Gasteiger partial charge < -0.3 is 10.6 Å². The lowest BCUT2D eigenvalue weighted by molar-refractivity contribution is -0.384. The molecule has 1 saturated heterocycles. The number of nitro benzene ring substituents is 1. The molecule has 1 aliphatic rings. The number of rotatable bonds is 4. The third-order valence-corrected chi connectivity index (χ3v) is 4.26. The van der Waals surface area contributed by atoms with Crippen LogP contribution in [0, 0.1) is 16.0 Å². The Morgan fingerprint density at radius 1 is 1.55 bits per heavy atom. The average Bonchev–Trinajstić information content (AvgIpc) is 2.82. The molecule has 1 heterocycles. The molecule has 0 aliphatic carbocycles. The van der Waals surface area contributed by atoms with E-state index in [4.69, 9.17) is 17.3 Å². The Balaban J connectivity index is 0.00000242. The summed E-state index contributed by atoms with van der Waals surface area (Å²) in [4.78, 5) is 24.3. The molecule has 0 aromatic heterocycles. The number of benzene rings is 1. The van der Waals surface area contributed by atoms with Crippen LogP contribution in [0.5, 0.6) is 0 Å². The van der Waals surface area contributed by atoms with Crippen LogP contribution in [0.15, 0.2) is 18.2 Å². The van der Waals surface area contributed by atoms with Crippen LogP contribution in [0.4, 0.5) is 5.69 Å². The first-order valence-corrected chi connectivity index (χ1v) is 7.22. The third-order valence-electron chi connectivity index (χ3n) is 3.90. The summed E-state index contributed by atoms with van der Waals surface area (Å²) in [6, 6.07) is 4.35. The molecule has 1 amide bonds. The van der Waals surface area contributed by atoms with Gasteiger partial charge in [0.25, 0.3) is 5.69 Å². The second-order valence-corrected chi connectivity index (χ2v) is 5.85. The number of likely N-dealkylation sites (tertiary alicyclic amines) is 1. The largest absolute Gasteiger partial charge is 0.339 e. The number of nitrogens with zero attached hydrogens (tertiary/aromatic N) is 2. The first-order valence-electron chi connectivity index (χ1n) is 6.84. The van der Waals surface area contributed by atoms with Crippen molar-refractivity contribution in [3.63, 3.8) is 0 Å². The van der Waals surface area contributed by atoms with Crippen molar-refractivity contribution < 1.29 is 9.72 Å². The first kappa shape index (κ1) is 18.7. The van der Waals surface area contributed by atoms with E-state index in [9.17, 15) is 14.9 Å². The van der Waals surface area contributed by atoms with E-state index in [1.165, 1.54) is 12.1 Å². The molecular weight excluding hydrogens is 329 g/mol. The first-order chi connectivity index (χ1) is 9.92. The van der Waals surface area contributed by atoms with Crippen LogP contribution in [0.2, 0.25) is 5.02 Å². The minimum absolute atomic E-state index is 0. The number of hydrogen-bond acceptors (Lipinski definition) is 4. The van der Waals surface area contributed by atoms with Crippen LogP contribution >= 0.6 is 24.0 Å². The van der Waals surface area contributed by atoms with E-state index in [1.807, 2.05) is 11.8 Å². The number of carbonyl (C=O) groups is 1. The van der Waals surface area contributed by atoms with Gasteiger partial charge in [-0.25, -0.2) is 0 Å². The lowest BCUT2D eigenvalue weighted by Crippen LogP contribution is -2.35. The van der Waals surface area contributed by atoms with Crippen molar-refractivity contribution >= 4 is 35.6 Å². The summed E-state index contributed by atoms with van der Waals surface area (Å²) in [5.41, 5.74) is 6.19. The van der Waals surface area contributed by atoms with E-state index >= 15 is 0 Å². The Labute approximate surface area is 140 Å². The zero-order valence-electron chi connectivity index (χ0n) is 12.2. The minimum Gasteiger partial charge on any atom is -0.339 e. The van der Waals surface area contributed by atoms with Crippen LogP contribution in [0.25, 0.3) is 0 Å². The van der Waals surface area contributed by atoms with E-state index in [0.29, 0.717) is 24.6 Å². The van der Waals surface area contributed by atoms with Crippen molar-refractivity contribution in [2.45, 2.75) is 25.8 Å². The van der Waals surface area contributed by atoms with Gasteiger partial charge in [0.1, 0.15) is 0 Å². The average molecular weight is 348 g/mol. The number of non-ortho nitro benzene ring substituents is 1. The number of nitrogens with two attached hydrogens (primary N) is 1. The molecule has 1 aromatic carbocycles. The highest BCUT2D eigenvalue weighted by molar-refractivity contribution is 6.31. The van der Waals surface area contributed by atoms with Gasteiger partial charge in [-0.05, 0) is 31.4 Å². The van der Waals surface area contributed by atoms with Crippen LogP contribution in [0.3, 0.4) is 0 Å². The number of nitro groups is 1. The second kappa shape index (κ2) is 7.76. The fourth-order valence-electron chi connectivity index (χ4n) is 2.72. The lowest BCUT2D eigenvalue weighted by atomic mass is 10.1. The number of amides is 1. The van der Waals surface area contributed by atoms with Gasteiger partial charge >= 0.3 is 0 Å². The maximum atomic E-state index is 12.4.